The fourth-order valence-corrected chi connectivity index (χ4v) is 1.40. The van der Waals surface area contributed by atoms with Crippen molar-refractivity contribution >= 4 is 6.03 Å². The number of carbonyl (C=O) groups is 1. The van der Waals surface area contributed by atoms with Crippen LogP contribution in [0.5, 0.6) is 0 Å². The third-order valence-corrected chi connectivity index (χ3v) is 2.15. The topological polar surface area (TPSA) is 71.0 Å². The maximum Gasteiger partial charge on any atom is 0.317 e. The lowest BCUT2D eigenvalue weighted by Gasteiger charge is -2.18. The molecule has 0 aliphatic carbocycles. The molecule has 1 rings (SSSR count). The quantitative estimate of drug-likeness (QED) is 0.437. The number of hydrogen-bond acceptors (Lipinski definition) is 4. The van der Waals surface area contributed by atoms with E-state index in [9.17, 15) is 9.90 Å². The molecule has 0 aromatic rings. The number of rotatable bonds is 8. The maximum absolute atomic E-state index is 11.2. The van der Waals surface area contributed by atoms with Crippen LogP contribution < -0.4 is 5.32 Å². The summed E-state index contributed by atoms with van der Waals surface area (Å²) in [7, 11) is 0. The smallest absolute Gasteiger partial charge is 0.317 e. The molecule has 6 nitrogen and oxygen atoms in total. The van der Waals surface area contributed by atoms with Crippen LogP contribution in [0.15, 0.2) is 12.8 Å². The molecule has 92 valence electrons. The molecule has 1 heterocycles. The standard InChI is InChI=1S/C10H18N2O4/c1-2-15-5-6-16-8-9(13)7-12-4-3-11-10(12)14/h2,9,13H,1,3-8H2,(H,11,14). The number of β-amino-alcohol motifs (C(OH)–C–C–N with tert-alkyl or cyclic N) is 1. The molecule has 1 fully saturated rings. The fourth-order valence-electron chi connectivity index (χ4n) is 1.40. The summed E-state index contributed by atoms with van der Waals surface area (Å²) in [5.41, 5.74) is 0. The second-order valence-electron chi connectivity index (χ2n) is 3.44. The van der Waals surface area contributed by atoms with Crippen molar-refractivity contribution in [2.45, 2.75) is 6.10 Å². The zero-order chi connectivity index (χ0) is 11.8. The molecular formula is C10H18N2O4. The second-order valence-corrected chi connectivity index (χ2v) is 3.44. The van der Waals surface area contributed by atoms with Crippen molar-refractivity contribution in [2.75, 3.05) is 39.5 Å². The van der Waals surface area contributed by atoms with Gasteiger partial charge >= 0.3 is 6.03 Å². The van der Waals surface area contributed by atoms with Crippen molar-refractivity contribution in [1.29, 1.82) is 0 Å². The van der Waals surface area contributed by atoms with E-state index < -0.39 is 6.10 Å². The van der Waals surface area contributed by atoms with E-state index in [0.29, 0.717) is 32.8 Å². The van der Waals surface area contributed by atoms with Crippen LogP contribution in [0.4, 0.5) is 4.79 Å². The highest BCUT2D eigenvalue weighted by molar-refractivity contribution is 5.76. The lowest BCUT2D eigenvalue weighted by Crippen LogP contribution is -2.37. The van der Waals surface area contributed by atoms with Gasteiger partial charge in [0.05, 0.1) is 32.1 Å². The first-order valence-corrected chi connectivity index (χ1v) is 5.25. The largest absolute Gasteiger partial charge is 0.499 e. The van der Waals surface area contributed by atoms with E-state index in [1.165, 1.54) is 6.26 Å². The monoisotopic (exact) mass is 230 g/mol. The first kappa shape index (κ1) is 12.8. The lowest BCUT2D eigenvalue weighted by atomic mass is 10.3. The molecule has 0 bridgehead atoms. The number of nitrogens with one attached hydrogen (secondary N) is 1. The number of urea groups is 1. The summed E-state index contributed by atoms with van der Waals surface area (Å²) in [5, 5.41) is 12.2. The van der Waals surface area contributed by atoms with Crippen molar-refractivity contribution in [1.82, 2.24) is 10.2 Å². The van der Waals surface area contributed by atoms with Crippen molar-refractivity contribution in [3.63, 3.8) is 0 Å². The fraction of sp³-hybridized carbons (Fsp3) is 0.700. The van der Waals surface area contributed by atoms with Gasteiger partial charge in [-0.3, -0.25) is 0 Å². The molecule has 1 saturated heterocycles. The van der Waals surface area contributed by atoms with Crippen LogP contribution in [0.2, 0.25) is 0 Å². The summed E-state index contributed by atoms with van der Waals surface area (Å²) in [5.74, 6) is 0. The van der Waals surface area contributed by atoms with E-state index in [1.807, 2.05) is 0 Å². The summed E-state index contributed by atoms with van der Waals surface area (Å²) in [6, 6.07) is -0.131. The zero-order valence-electron chi connectivity index (χ0n) is 9.22. The van der Waals surface area contributed by atoms with Crippen LogP contribution in [0.3, 0.4) is 0 Å². The van der Waals surface area contributed by atoms with E-state index in [1.54, 1.807) is 4.90 Å². The number of amides is 2. The third kappa shape index (κ3) is 4.50. The minimum absolute atomic E-state index is 0.131. The average molecular weight is 230 g/mol. The van der Waals surface area contributed by atoms with Crippen LogP contribution >= 0.6 is 0 Å². The highest BCUT2D eigenvalue weighted by Gasteiger charge is 2.21. The van der Waals surface area contributed by atoms with Gasteiger partial charge in [0.25, 0.3) is 0 Å². The number of nitrogens with zero attached hydrogens (tertiary/aromatic N) is 1. The van der Waals surface area contributed by atoms with Gasteiger partial charge in [-0.15, -0.1) is 0 Å². The molecule has 2 amide bonds. The minimum atomic E-state index is -0.660. The van der Waals surface area contributed by atoms with E-state index in [4.69, 9.17) is 9.47 Å². The lowest BCUT2D eigenvalue weighted by molar-refractivity contribution is 0.0102. The molecule has 1 aliphatic rings. The first-order chi connectivity index (χ1) is 7.74. The summed E-state index contributed by atoms with van der Waals surface area (Å²) in [6.45, 7) is 5.98. The summed E-state index contributed by atoms with van der Waals surface area (Å²) in [4.78, 5) is 12.7. The molecule has 16 heavy (non-hydrogen) atoms. The normalized spacial score (nSPS) is 17.1. The van der Waals surface area contributed by atoms with Crippen LogP contribution in [0, 0.1) is 0 Å². The number of aliphatic hydroxyl groups is 1. The van der Waals surface area contributed by atoms with Gasteiger partial charge < -0.3 is 24.8 Å². The molecule has 1 aliphatic heterocycles. The van der Waals surface area contributed by atoms with Crippen molar-refractivity contribution < 1.29 is 19.4 Å². The Bertz CT molecular complexity index is 235. The summed E-state index contributed by atoms with van der Waals surface area (Å²) in [6.07, 6.45) is 0.682. The van der Waals surface area contributed by atoms with Gasteiger partial charge in [-0.25, -0.2) is 4.79 Å². The summed E-state index contributed by atoms with van der Waals surface area (Å²) < 4.78 is 10.0. The van der Waals surface area contributed by atoms with Crippen molar-refractivity contribution in [3.05, 3.63) is 12.8 Å². The minimum Gasteiger partial charge on any atom is -0.499 e. The molecule has 0 saturated carbocycles. The Balaban J connectivity index is 2.04. The highest BCUT2D eigenvalue weighted by atomic mass is 16.5. The Hall–Kier alpha value is -1.27. The van der Waals surface area contributed by atoms with Crippen LogP contribution in [0.1, 0.15) is 0 Å². The van der Waals surface area contributed by atoms with Gasteiger partial charge in [0.2, 0.25) is 0 Å². The molecule has 2 N–H and O–H groups in total. The van der Waals surface area contributed by atoms with Gasteiger partial charge in [-0.05, 0) is 0 Å². The Morgan fingerprint density at radius 3 is 3.06 bits per heavy atom. The Morgan fingerprint density at radius 2 is 2.44 bits per heavy atom. The predicted molar refractivity (Wildman–Crippen MR) is 57.9 cm³/mol. The van der Waals surface area contributed by atoms with Crippen LogP contribution in [0.25, 0.3) is 0 Å². The van der Waals surface area contributed by atoms with E-state index >= 15 is 0 Å². The number of hydrogen-bond donors (Lipinski definition) is 2. The van der Waals surface area contributed by atoms with Gasteiger partial charge in [0, 0.05) is 13.1 Å². The molecule has 0 aromatic carbocycles. The predicted octanol–water partition coefficient (Wildman–Crippen LogP) is -0.451. The molecule has 1 unspecified atom stereocenters. The van der Waals surface area contributed by atoms with Gasteiger partial charge in [-0.1, -0.05) is 6.58 Å². The Kier molecular flexibility index (Phi) is 5.66. The highest BCUT2D eigenvalue weighted by Crippen LogP contribution is 1.99. The van der Waals surface area contributed by atoms with Crippen molar-refractivity contribution in [3.8, 4) is 0 Å². The number of ether oxygens (including phenoxy) is 2. The Morgan fingerprint density at radius 1 is 1.62 bits per heavy atom. The average Bonchev–Trinajstić information content (AvgIpc) is 2.64. The molecule has 1 atom stereocenters. The van der Waals surface area contributed by atoms with E-state index in [0.717, 1.165) is 0 Å². The molecule has 6 heteroatoms. The summed E-state index contributed by atoms with van der Waals surface area (Å²) >= 11 is 0. The van der Waals surface area contributed by atoms with Crippen LogP contribution in [-0.4, -0.2) is 61.6 Å². The van der Waals surface area contributed by atoms with Gasteiger partial charge in [0.1, 0.15) is 6.61 Å². The van der Waals surface area contributed by atoms with E-state index in [2.05, 4.69) is 11.9 Å². The Labute approximate surface area is 94.8 Å². The van der Waals surface area contributed by atoms with Gasteiger partial charge in [-0.2, -0.15) is 0 Å². The number of aliphatic hydroxyl groups excluding tert-OH is 1. The maximum atomic E-state index is 11.2. The molecule has 0 spiro atoms. The van der Waals surface area contributed by atoms with Crippen LogP contribution in [-0.2, 0) is 9.47 Å². The van der Waals surface area contributed by atoms with Crippen molar-refractivity contribution in [2.24, 2.45) is 0 Å². The van der Waals surface area contributed by atoms with Gasteiger partial charge in [0.15, 0.2) is 0 Å². The zero-order valence-corrected chi connectivity index (χ0v) is 9.22. The SMILES string of the molecule is C=COCCOCC(O)CN1CCNC1=O. The molecule has 0 radical (unpaired) electrons. The third-order valence-electron chi connectivity index (χ3n) is 2.15. The molecule has 0 aromatic heterocycles. The first-order valence-electron chi connectivity index (χ1n) is 5.25. The molecular weight excluding hydrogens is 212 g/mol. The second kappa shape index (κ2) is 7.08. The number of carbonyl (C=O) groups excluding carboxylic acids is 1. The van der Waals surface area contributed by atoms with E-state index in [-0.39, 0.29) is 12.6 Å².